The predicted octanol–water partition coefficient (Wildman–Crippen LogP) is 0.422. The first kappa shape index (κ1) is 15.4. The minimum absolute atomic E-state index is 0.0631. The molecule has 0 saturated heterocycles. The molecular weight excluding hydrogens is 232 g/mol. The van der Waals surface area contributed by atoms with E-state index in [1.54, 1.807) is 0 Å². The summed E-state index contributed by atoms with van der Waals surface area (Å²) in [6.45, 7) is 3.71. The van der Waals surface area contributed by atoms with Crippen LogP contribution >= 0.6 is 0 Å². The molecule has 3 N–H and O–H groups in total. The van der Waals surface area contributed by atoms with E-state index in [1.807, 2.05) is 6.92 Å². The van der Waals surface area contributed by atoms with Crippen molar-refractivity contribution in [2.75, 3.05) is 26.4 Å². The van der Waals surface area contributed by atoms with E-state index < -0.39 is 0 Å². The van der Waals surface area contributed by atoms with Crippen molar-refractivity contribution in [2.24, 2.45) is 0 Å². The molecule has 0 aliphatic heterocycles. The lowest BCUT2D eigenvalue weighted by atomic mass is 10.2. The quantitative estimate of drug-likeness (QED) is 0.524. The predicted molar refractivity (Wildman–Crippen MR) is 70.4 cm³/mol. The highest BCUT2D eigenvalue weighted by atomic mass is 16.5. The Kier molecular flexibility index (Phi) is 7.96. The Labute approximate surface area is 109 Å². The Morgan fingerprint density at radius 1 is 1.39 bits per heavy atom. The summed E-state index contributed by atoms with van der Waals surface area (Å²) >= 11 is 0. The fourth-order valence-electron chi connectivity index (χ4n) is 2.15. The molecule has 1 atom stereocenters. The summed E-state index contributed by atoms with van der Waals surface area (Å²) in [6, 6.07) is 0.234. The lowest BCUT2D eigenvalue weighted by molar-refractivity contribution is -0.123. The largest absolute Gasteiger partial charge is 0.394 e. The lowest BCUT2D eigenvalue weighted by Gasteiger charge is -2.17. The van der Waals surface area contributed by atoms with Crippen LogP contribution in [0.25, 0.3) is 0 Å². The molecule has 0 aromatic carbocycles. The summed E-state index contributed by atoms with van der Waals surface area (Å²) in [5.41, 5.74) is 0. The van der Waals surface area contributed by atoms with Crippen molar-refractivity contribution in [2.45, 2.75) is 51.1 Å². The molecule has 1 amide bonds. The average Bonchev–Trinajstić information content (AvgIpc) is 2.86. The van der Waals surface area contributed by atoms with Crippen molar-refractivity contribution in [3.63, 3.8) is 0 Å². The van der Waals surface area contributed by atoms with E-state index in [0.717, 1.165) is 25.8 Å². The Morgan fingerprint density at radius 2 is 2.11 bits per heavy atom. The van der Waals surface area contributed by atoms with E-state index in [0.29, 0.717) is 19.3 Å². The smallest absolute Gasteiger partial charge is 0.237 e. The van der Waals surface area contributed by atoms with Gasteiger partial charge in [-0.25, -0.2) is 0 Å². The van der Waals surface area contributed by atoms with Crippen molar-refractivity contribution in [3.8, 4) is 0 Å². The van der Waals surface area contributed by atoms with Crippen molar-refractivity contribution >= 4 is 5.91 Å². The number of nitrogens with one attached hydrogen (secondary N) is 2. The highest BCUT2D eigenvalue weighted by molar-refractivity contribution is 5.81. The van der Waals surface area contributed by atoms with Crippen LogP contribution in [0, 0.1) is 0 Å². The van der Waals surface area contributed by atoms with E-state index >= 15 is 0 Å². The van der Waals surface area contributed by atoms with Crippen molar-refractivity contribution in [1.29, 1.82) is 0 Å². The number of amides is 1. The number of ether oxygens (including phenoxy) is 1. The van der Waals surface area contributed by atoms with Gasteiger partial charge in [-0.2, -0.15) is 0 Å². The summed E-state index contributed by atoms with van der Waals surface area (Å²) < 4.78 is 5.14. The van der Waals surface area contributed by atoms with E-state index in [1.165, 1.54) is 12.8 Å². The molecule has 0 spiro atoms. The van der Waals surface area contributed by atoms with Gasteiger partial charge in [0.25, 0.3) is 0 Å². The molecule has 106 valence electrons. The van der Waals surface area contributed by atoms with Gasteiger partial charge < -0.3 is 20.5 Å². The minimum Gasteiger partial charge on any atom is -0.394 e. The first-order valence-corrected chi connectivity index (χ1v) is 6.96. The zero-order valence-electron chi connectivity index (χ0n) is 11.3. The summed E-state index contributed by atoms with van der Waals surface area (Å²) in [6.07, 6.45) is 5.55. The minimum atomic E-state index is -0.150. The maximum Gasteiger partial charge on any atom is 0.237 e. The van der Waals surface area contributed by atoms with Gasteiger partial charge in [-0.3, -0.25) is 4.79 Å². The molecule has 1 rings (SSSR count). The van der Waals surface area contributed by atoms with Crippen molar-refractivity contribution < 1.29 is 14.6 Å². The summed E-state index contributed by atoms with van der Waals surface area (Å²) in [7, 11) is 0. The normalized spacial score (nSPS) is 17.9. The Balaban J connectivity index is 2.00. The molecule has 1 fully saturated rings. The fraction of sp³-hybridized carbons (Fsp3) is 0.923. The third kappa shape index (κ3) is 6.33. The zero-order valence-corrected chi connectivity index (χ0v) is 11.3. The molecule has 0 bridgehead atoms. The maximum atomic E-state index is 11.8. The standard InChI is InChI=1S/C13H26N2O3/c1-11(14-7-4-9-18-10-8-16)13(17)15-12-5-2-3-6-12/h11-12,14,16H,2-10H2,1H3,(H,15,17). The number of hydrogen-bond donors (Lipinski definition) is 3. The van der Waals surface area contributed by atoms with E-state index in [2.05, 4.69) is 10.6 Å². The molecule has 1 aliphatic carbocycles. The first-order valence-electron chi connectivity index (χ1n) is 6.96. The second-order valence-corrected chi connectivity index (χ2v) is 4.86. The highest BCUT2D eigenvalue weighted by Crippen LogP contribution is 2.17. The van der Waals surface area contributed by atoms with E-state index in [9.17, 15) is 4.79 Å². The Bertz CT molecular complexity index is 230. The van der Waals surface area contributed by atoms with Crippen LogP contribution in [0.5, 0.6) is 0 Å². The van der Waals surface area contributed by atoms with Crippen LogP contribution in [0.2, 0.25) is 0 Å². The second-order valence-electron chi connectivity index (χ2n) is 4.86. The van der Waals surface area contributed by atoms with Gasteiger partial charge in [0.1, 0.15) is 0 Å². The van der Waals surface area contributed by atoms with E-state index in [4.69, 9.17) is 9.84 Å². The van der Waals surface area contributed by atoms with Gasteiger partial charge in [0, 0.05) is 12.6 Å². The van der Waals surface area contributed by atoms with Gasteiger partial charge in [-0.1, -0.05) is 12.8 Å². The van der Waals surface area contributed by atoms with Gasteiger partial charge in [0.2, 0.25) is 5.91 Å². The molecule has 1 aliphatic rings. The van der Waals surface area contributed by atoms with Crippen molar-refractivity contribution in [1.82, 2.24) is 10.6 Å². The third-order valence-electron chi connectivity index (χ3n) is 3.25. The molecule has 0 aromatic heterocycles. The van der Waals surface area contributed by atoms with Gasteiger partial charge in [-0.05, 0) is 32.7 Å². The van der Waals surface area contributed by atoms with Crippen LogP contribution in [0.1, 0.15) is 39.0 Å². The maximum absolute atomic E-state index is 11.8. The van der Waals surface area contributed by atoms with Gasteiger partial charge >= 0.3 is 0 Å². The number of carbonyl (C=O) groups excluding carboxylic acids is 1. The zero-order chi connectivity index (χ0) is 13.2. The van der Waals surface area contributed by atoms with Crippen LogP contribution in [0.4, 0.5) is 0 Å². The Morgan fingerprint density at radius 3 is 2.78 bits per heavy atom. The van der Waals surface area contributed by atoms with Gasteiger partial charge in [0.15, 0.2) is 0 Å². The highest BCUT2D eigenvalue weighted by Gasteiger charge is 2.19. The summed E-state index contributed by atoms with van der Waals surface area (Å²) in [5.74, 6) is 0.0955. The molecule has 0 heterocycles. The third-order valence-corrected chi connectivity index (χ3v) is 3.25. The average molecular weight is 258 g/mol. The molecule has 0 radical (unpaired) electrons. The topological polar surface area (TPSA) is 70.6 Å². The van der Waals surface area contributed by atoms with Gasteiger partial charge in [-0.15, -0.1) is 0 Å². The van der Waals surface area contributed by atoms with Crippen LogP contribution in [-0.4, -0.2) is 49.5 Å². The molecule has 1 unspecified atom stereocenters. The summed E-state index contributed by atoms with van der Waals surface area (Å²) in [5, 5.41) is 14.8. The lowest BCUT2D eigenvalue weighted by Crippen LogP contribution is -2.45. The SMILES string of the molecule is CC(NCCCOCCO)C(=O)NC1CCCC1. The number of rotatable bonds is 9. The van der Waals surface area contributed by atoms with E-state index in [-0.39, 0.29) is 18.6 Å². The molecule has 1 saturated carbocycles. The summed E-state index contributed by atoms with van der Waals surface area (Å²) in [4.78, 5) is 11.8. The van der Waals surface area contributed by atoms with Crippen LogP contribution in [0.3, 0.4) is 0 Å². The van der Waals surface area contributed by atoms with Crippen molar-refractivity contribution in [3.05, 3.63) is 0 Å². The second kappa shape index (κ2) is 9.30. The van der Waals surface area contributed by atoms with Crippen LogP contribution in [0.15, 0.2) is 0 Å². The molecule has 5 nitrogen and oxygen atoms in total. The molecule has 18 heavy (non-hydrogen) atoms. The first-order chi connectivity index (χ1) is 8.74. The number of aliphatic hydroxyl groups excluding tert-OH is 1. The number of hydrogen-bond acceptors (Lipinski definition) is 4. The van der Waals surface area contributed by atoms with Gasteiger partial charge in [0.05, 0.1) is 19.3 Å². The Hall–Kier alpha value is -0.650. The van der Waals surface area contributed by atoms with Crippen LogP contribution < -0.4 is 10.6 Å². The molecule has 5 heteroatoms. The monoisotopic (exact) mass is 258 g/mol. The number of aliphatic hydroxyl groups is 1. The van der Waals surface area contributed by atoms with Crippen LogP contribution in [-0.2, 0) is 9.53 Å². The molecular formula is C13H26N2O3. The molecule has 0 aromatic rings. The number of carbonyl (C=O) groups is 1. The fourth-order valence-corrected chi connectivity index (χ4v) is 2.15.